The molecule has 31 heavy (non-hydrogen) atoms. The summed E-state index contributed by atoms with van der Waals surface area (Å²) in [6.07, 6.45) is 6.81. The van der Waals surface area contributed by atoms with Crippen LogP contribution in [0.2, 0.25) is 0 Å². The van der Waals surface area contributed by atoms with Gasteiger partial charge in [-0.05, 0) is 12.5 Å². The van der Waals surface area contributed by atoms with Crippen LogP contribution in [0.3, 0.4) is 0 Å². The Hall–Kier alpha value is -3.89. The molecule has 160 valence electrons. The van der Waals surface area contributed by atoms with Crippen LogP contribution in [0.15, 0.2) is 35.6 Å². The third-order valence-electron chi connectivity index (χ3n) is 5.57. The van der Waals surface area contributed by atoms with Crippen LogP contribution in [0.25, 0.3) is 10.9 Å². The average Bonchev–Trinajstić information content (AvgIpc) is 3.20. The molecule has 2 aliphatic heterocycles. The van der Waals surface area contributed by atoms with Crippen LogP contribution in [0.5, 0.6) is 5.75 Å². The first-order chi connectivity index (χ1) is 14.9. The van der Waals surface area contributed by atoms with Gasteiger partial charge in [0.25, 0.3) is 0 Å². The van der Waals surface area contributed by atoms with Crippen molar-refractivity contribution in [2.75, 3.05) is 42.1 Å². The number of ether oxygens (including phenoxy) is 1. The Labute approximate surface area is 175 Å². The molecule has 10 nitrogen and oxygen atoms in total. The molecule has 1 unspecified atom stereocenters. The number of hydrogen-bond donors (Lipinski definition) is 2. The van der Waals surface area contributed by atoms with E-state index in [-0.39, 0.29) is 29.6 Å². The van der Waals surface area contributed by atoms with Crippen molar-refractivity contribution in [3.05, 3.63) is 52.5 Å². The zero-order chi connectivity index (χ0) is 21.7. The smallest absolute Gasteiger partial charge is 0.341 e. The summed E-state index contributed by atoms with van der Waals surface area (Å²) in [6, 6.07) is 1.13. The van der Waals surface area contributed by atoms with Gasteiger partial charge in [0.15, 0.2) is 18.3 Å². The van der Waals surface area contributed by atoms with Crippen LogP contribution < -0.4 is 25.4 Å². The first-order valence-corrected chi connectivity index (χ1v) is 9.71. The fourth-order valence-electron chi connectivity index (χ4n) is 4.13. The van der Waals surface area contributed by atoms with Crippen molar-refractivity contribution in [3.63, 3.8) is 0 Å². The fourth-order valence-corrected chi connectivity index (χ4v) is 4.13. The fraction of sp³-hybridized carbons (Fsp3) is 0.300. The van der Waals surface area contributed by atoms with Crippen molar-refractivity contribution < 1.29 is 19.0 Å². The summed E-state index contributed by atoms with van der Waals surface area (Å²) in [7, 11) is 1.69. The van der Waals surface area contributed by atoms with Gasteiger partial charge in [0.1, 0.15) is 22.6 Å². The third kappa shape index (κ3) is 3.09. The molecule has 11 heteroatoms. The van der Waals surface area contributed by atoms with E-state index in [0.717, 1.165) is 12.5 Å². The van der Waals surface area contributed by atoms with Gasteiger partial charge in [0.05, 0.1) is 11.6 Å². The number of nitrogens with zero attached hydrogens (tertiary/aromatic N) is 5. The van der Waals surface area contributed by atoms with Crippen molar-refractivity contribution in [2.24, 2.45) is 0 Å². The number of aromatic nitrogens is 3. The Morgan fingerprint density at radius 3 is 2.97 bits per heavy atom. The van der Waals surface area contributed by atoms with Gasteiger partial charge >= 0.3 is 5.97 Å². The first-order valence-electron chi connectivity index (χ1n) is 9.71. The molecule has 1 fully saturated rings. The number of hydrogen-bond acceptors (Lipinski definition) is 8. The van der Waals surface area contributed by atoms with Crippen molar-refractivity contribution in [3.8, 4) is 5.75 Å². The number of halogens is 1. The predicted molar refractivity (Wildman–Crippen MR) is 111 cm³/mol. The maximum atomic E-state index is 15.3. The van der Waals surface area contributed by atoms with Crippen molar-refractivity contribution in [2.45, 2.75) is 12.5 Å². The second kappa shape index (κ2) is 7.11. The molecule has 2 aromatic heterocycles. The van der Waals surface area contributed by atoms with Crippen molar-refractivity contribution >= 4 is 28.4 Å². The number of carbonyl (C=O) groups is 1. The number of rotatable bonds is 4. The number of carboxylic acid groups (broad SMARTS) is 1. The van der Waals surface area contributed by atoms with E-state index in [4.69, 9.17) is 4.74 Å². The number of benzene rings is 1. The summed E-state index contributed by atoms with van der Waals surface area (Å²) in [5, 5.41) is 14.3. The molecule has 1 aromatic carbocycles. The maximum absolute atomic E-state index is 15.3. The van der Waals surface area contributed by atoms with E-state index < -0.39 is 22.8 Å². The van der Waals surface area contributed by atoms with Gasteiger partial charge in [-0.2, -0.15) is 0 Å². The van der Waals surface area contributed by atoms with Gasteiger partial charge in [0, 0.05) is 44.8 Å². The molecular formula is C20H19FN6O4. The molecule has 5 rings (SSSR count). The summed E-state index contributed by atoms with van der Waals surface area (Å²) in [5.41, 5.74) is -0.549. The van der Waals surface area contributed by atoms with Crippen molar-refractivity contribution in [1.82, 2.24) is 14.6 Å². The van der Waals surface area contributed by atoms with Gasteiger partial charge in [-0.3, -0.25) is 19.5 Å². The number of nitrogens with one attached hydrogen (secondary N) is 1. The van der Waals surface area contributed by atoms with E-state index in [9.17, 15) is 14.7 Å². The van der Waals surface area contributed by atoms with E-state index in [1.54, 1.807) is 30.6 Å². The highest BCUT2D eigenvalue weighted by Crippen LogP contribution is 2.41. The topological polar surface area (TPSA) is 113 Å². The zero-order valence-corrected chi connectivity index (χ0v) is 16.6. The van der Waals surface area contributed by atoms with Gasteiger partial charge < -0.3 is 20.1 Å². The van der Waals surface area contributed by atoms with Crippen LogP contribution in [0, 0.1) is 5.82 Å². The number of carboxylic acids is 1. The molecule has 1 saturated heterocycles. The van der Waals surface area contributed by atoms with E-state index in [1.807, 2.05) is 4.90 Å². The highest BCUT2D eigenvalue weighted by molar-refractivity contribution is 5.97. The molecule has 0 amide bonds. The molecule has 0 aliphatic carbocycles. The third-order valence-corrected chi connectivity index (χ3v) is 5.57. The average molecular weight is 426 g/mol. The zero-order valence-electron chi connectivity index (χ0n) is 16.6. The molecule has 0 saturated carbocycles. The second-order valence-electron chi connectivity index (χ2n) is 7.55. The van der Waals surface area contributed by atoms with Crippen LogP contribution in [-0.2, 0) is 0 Å². The molecule has 2 aliphatic rings. The number of anilines is 2. The lowest BCUT2D eigenvalue weighted by Crippen LogP contribution is -2.40. The first kappa shape index (κ1) is 19.1. The minimum absolute atomic E-state index is 0.0295. The lowest BCUT2D eigenvalue weighted by Gasteiger charge is -2.33. The highest BCUT2D eigenvalue weighted by Gasteiger charge is 2.32. The summed E-state index contributed by atoms with van der Waals surface area (Å²) in [4.78, 5) is 34.3. The van der Waals surface area contributed by atoms with Crippen molar-refractivity contribution in [1.29, 1.82) is 0 Å². The summed E-state index contributed by atoms with van der Waals surface area (Å²) in [6.45, 7) is 1.16. The van der Waals surface area contributed by atoms with E-state index >= 15 is 4.39 Å². The molecular weight excluding hydrogens is 407 g/mol. The molecule has 0 spiro atoms. The Bertz CT molecular complexity index is 1250. The Balaban J connectivity index is 1.58. The molecule has 2 N–H and O–H groups in total. The van der Waals surface area contributed by atoms with Crippen LogP contribution >= 0.6 is 0 Å². The SMILES string of the molecule is CN1COc2c(N3CCC(Nc4cnccn4)C3)c(F)cc3c(=O)c(C(=O)O)cn1c23. The van der Waals surface area contributed by atoms with Crippen LogP contribution in [0.4, 0.5) is 15.9 Å². The Morgan fingerprint density at radius 2 is 2.23 bits per heavy atom. The molecule has 0 bridgehead atoms. The quantitative estimate of drug-likeness (QED) is 0.636. The molecule has 0 radical (unpaired) electrons. The predicted octanol–water partition coefficient (Wildman–Crippen LogP) is 1.24. The minimum Gasteiger partial charge on any atom is -0.477 e. The summed E-state index contributed by atoms with van der Waals surface area (Å²) < 4.78 is 22.6. The van der Waals surface area contributed by atoms with Gasteiger partial charge in [-0.25, -0.2) is 14.2 Å². The largest absolute Gasteiger partial charge is 0.477 e. The summed E-state index contributed by atoms with van der Waals surface area (Å²) >= 11 is 0. The van der Waals surface area contributed by atoms with Crippen LogP contribution in [0.1, 0.15) is 16.8 Å². The maximum Gasteiger partial charge on any atom is 0.341 e. The van der Waals surface area contributed by atoms with Gasteiger partial charge in [0.2, 0.25) is 5.43 Å². The van der Waals surface area contributed by atoms with E-state index in [1.165, 1.54) is 10.9 Å². The van der Waals surface area contributed by atoms with E-state index in [0.29, 0.717) is 24.4 Å². The standard InChI is InChI=1S/C20H19FN6O4/c1-25-10-31-19-16-12(18(28)13(20(29)30)9-27(16)25)6-14(21)17(19)26-5-2-11(8-26)24-15-7-22-3-4-23-15/h3-4,6-7,9,11H,2,5,8,10H2,1H3,(H,23,24)(H,29,30). The van der Waals surface area contributed by atoms with E-state index in [2.05, 4.69) is 15.3 Å². The molecule has 4 heterocycles. The lowest BCUT2D eigenvalue weighted by molar-refractivity contribution is 0.0694. The lowest BCUT2D eigenvalue weighted by atomic mass is 10.1. The van der Waals surface area contributed by atoms with Crippen LogP contribution in [-0.4, -0.2) is 58.6 Å². The Morgan fingerprint density at radius 1 is 1.39 bits per heavy atom. The van der Waals surface area contributed by atoms with Gasteiger partial charge in [-0.1, -0.05) is 0 Å². The minimum atomic E-state index is -1.36. The normalized spacial score (nSPS) is 17.7. The molecule has 1 atom stereocenters. The second-order valence-corrected chi connectivity index (χ2v) is 7.55. The number of aromatic carboxylic acids is 1. The number of pyridine rings is 1. The molecule has 3 aromatic rings. The summed E-state index contributed by atoms with van der Waals surface area (Å²) in [5.74, 6) is -1.11. The van der Waals surface area contributed by atoms with Gasteiger partial charge in [-0.15, -0.1) is 0 Å². The Kier molecular flexibility index (Phi) is 4.38. The monoisotopic (exact) mass is 426 g/mol. The highest BCUT2D eigenvalue weighted by atomic mass is 19.1.